The van der Waals surface area contributed by atoms with Crippen LogP contribution in [-0.4, -0.2) is 38.2 Å². The summed E-state index contributed by atoms with van der Waals surface area (Å²) in [6.45, 7) is 0. The first-order valence-electron chi connectivity index (χ1n) is 21.1. The zero-order valence-corrected chi connectivity index (χ0v) is 33.3. The Morgan fingerprint density at radius 3 is 1.63 bits per heavy atom. The van der Waals surface area contributed by atoms with Crippen LogP contribution in [0.3, 0.4) is 0 Å². The van der Waals surface area contributed by atoms with Crippen LogP contribution in [0.25, 0.3) is 116 Å². The Labute approximate surface area is 353 Å². The number of hydrogen-bond donors (Lipinski definition) is 0. The van der Waals surface area contributed by atoms with Crippen LogP contribution in [0, 0.1) is 0 Å². The molecule has 0 spiro atoms. The first kappa shape index (κ1) is 33.5. The normalized spacial score (nSPS) is 14.4. The van der Waals surface area contributed by atoms with Crippen molar-refractivity contribution in [3.8, 4) is 17.6 Å². The minimum atomic E-state index is 0.219. The molecule has 7 aromatic carbocycles. The molecule has 62 heavy (non-hydrogen) atoms. The molecule has 0 radical (unpaired) electrons. The van der Waals surface area contributed by atoms with E-state index in [1.807, 2.05) is 12.4 Å². The SMILES string of the molecule is C1=CCC(n2c3ccccc3c3c4c(ccc32)c2ccccc2n4-c2ncc3nc(-n4c5ccccc5c5cc6c(cc54)c4ccccc4n6-c4ccccc4)ncc3n2)C=C1. The van der Waals surface area contributed by atoms with Gasteiger partial charge in [0.25, 0.3) is 0 Å². The summed E-state index contributed by atoms with van der Waals surface area (Å²) in [7, 11) is 0. The third-order valence-electron chi connectivity index (χ3n) is 13.0. The van der Waals surface area contributed by atoms with Crippen LogP contribution in [0.5, 0.6) is 0 Å². The molecule has 1 unspecified atom stereocenters. The van der Waals surface area contributed by atoms with E-state index in [-0.39, 0.29) is 6.04 Å². The molecule has 0 bridgehead atoms. The van der Waals surface area contributed by atoms with Crippen molar-refractivity contribution in [1.29, 1.82) is 0 Å². The van der Waals surface area contributed by atoms with Gasteiger partial charge in [-0.15, -0.1) is 0 Å². The van der Waals surface area contributed by atoms with Crippen molar-refractivity contribution in [3.63, 3.8) is 0 Å². The summed E-state index contributed by atoms with van der Waals surface area (Å²) in [5.74, 6) is 1.16. The average molecular weight is 795 g/mol. The van der Waals surface area contributed by atoms with Crippen molar-refractivity contribution in [2.24, 2.45) is 0 Å². The maximum atomic E-state index is 5.24. The Morgan fingerprint density at radius 1 is 0.419 bits per heavy atom. The fourth-order valence-corrected chi connectivity index (χ4v) is 10.4. The summed E-state index contributed by atoms with van der Waals surface area (Å²) in [6, 6.07) is 54.5. The van der Waals surface area contributed by atoms with Gasteiger partial charge in [-0.2, -0.15) is 0 Å². The maximum Gasteiger partial charge on any atom is 0.235 e. The van der Waals surface area contributed by atoms with Gasteiger partial charge in [-0.1, -0.05) is 121 Å². The first-order valence-corrected chi connectivity index (χ1v) is 21.1. The summed E-state index contributed by atoms with van der Waals surface area (Å²) in [4.78, 5) is 20.6. The van der Waals surface area contributed by atoms with Crippen molar-refractivity contribution in [2.45, 2.75) is 12.5 Å². The minimum Gasteiger partial charge on any atom is -0.333 e. The second-order valence-electron chi connectivity index (χ2n) is 16.2. The Morgan fingerprint density at radius 2 is 0.968 bits per heavy atom. The van der Waals surface area contributed by atoms with Gasteiger partial charge in [0.1, 0.15) is 11.0 Å². The Bertz CT molecular complexity index is 4080. The first-order chi connectivity index (χ1) is 30.8. The summed E-state index contributed by atoms with van der Waals surface area (Å²) in [6.07, 6.45) is 13.5. The molecule has 0 fully saturated rings. The van der Waals surface area contributed by atoms with Crippen LogP contribution in [0.4, 0.5) is 0 Å². The second kappa shape index (κ2) is 12.6. The number of para-hydroxylation sites is 5. The molecule has 6 aromatic heterocycles. The lowest BCUT2D eigenvalue weighted by molar-refractivity contribution is 0.648. The van der Waals surface area contributed by atoms with E-state index >= 15 is 0 Å². The molecular weight excluding hydrogens is 761 g/mol. The van der Waals surface area contributed by atoms with Crippen molar-refractivity contribution >= 4 is 98.3 Å². The van der Waals surface area contributed by atoms with Crippen LogP contribution in [0.15, 0.2) is 188 Å². The molecule has 0 aliphatic heterocycles. The molecule has 290 valence electrons. The highest BCUT2D eigenvalue weighted by Gasteiger charge is 2.24. The number of allylic oxidation sites excluding steroid dienone is 4. The lowest BCUT2D eigenvalue weighted by atomic mass is 10.1. The van der Waals surface area contributed by atoms with Crippen LogP contribution in [-0.2, 0) is 0 Å². The van der Waals surface area contributed by atoms with Crippen LogP contribution < -0.4 is 0 Å². The van der Waals surface area contributed by atoms with Gasteiger partial charge in [-0.25, -0.2) is 19.9 Å². The van der Waals surface area contributed by atoms with Gasteiger partial charge < -0.3 is 9.13 Å². The quantitative estimate of drug-likeness (QED) is 0.178. The standard InChI is InChI=1S/C54H34N8/c1-3-15-33(16-4-1)59-47-26-14-10-22-39(47)51-48(59)28-27-38-35-19-7-13-25-46(35)62(52(38)51)54-56-32-42-43(58-54)31-55-53(57-42)61-45-24-12-9-21-37(45)41-29-49-40(30-50(41)61)36-20-8-11-23-44(36)60(49)34-17-5-2-6-18-34/h1-15,17-33H,16H2. The van der Waals surface area contributed by atoms with Gasteiger partial charge in [-0.05, 0) is 61.0 Å². The van der Waals surface area contributed by atoms with Gasteiger partial charge in [-0.3, -0.25) is 9.13 Å². The van der Waals surface area contributed by atoms with E-state index < -0.39 is 0 Å². The van der Waals surface area contributed by atoms with E-state index in [0.29, 0.717) is 22.9 Å². The van der Waals surface area contributed by atoms with E-state index in [2.05, 4.69) is 194 Å². The highest BCUT2D eigenvalue weighted by molar-refractivity contribution is 6.26. The van der Waals surface area contributed by atoms with E-state index in [0.717, 1.165) is 61.2 Å². The average Bonchev–Trinajstić information content (AvgIpc) is 4.06. The lowest BCUT2D eigenvalue weighted by Crippen LogP contribution is -2.07. The molecule has 0 amide bonds. The number of benzene rings is 7. The van der Waals surface area contributed by atoms with Crippen molar-refractivity contribution in [2.75, 3.05) is 0 Å². The number of nitrogens with zero attached hydrogens (tertiary/aromatic N) is 8. The molecule has 8 nitrogen and oxygen atoms in total. The highest BCUT2D eigenvalue weighted by Crippen LogP contribution is 2.43. The molecule has 0 saturated carbocycles. The minimum absolute atomic E-state index is 0.219. The maximum absolute atomic E-state index is 5.24. The van der Waals surface area contributed by atoms with Crippen molar-refractivity contribution in [3.05, 3.63) is 188 Å². The molecule has 8 heteroatoms. The third kappa shape index (κ3) is 4.55. The zero-order chi connectivity index (χ0) is 40.5. The number of rotatable bonds is 4. The van der Waals surface area contributed by atoms with Gasteiger partial charge in [0.05, 0.1) is 57.1 Å². The van der Waals surface area contributed by atoms with E-state index in [1.54, 1.807) is 0 Å². The fraction of sp³-hybridized carbons (Fsp3) is 0.0370. The van der Waals surface area contributed by atoms with E-state index in [1.165, 1.54) is 38.1 Å². The highest BCUT2D eigenvalue weighted by atomic mass is 15.2. The second-order valence-corrected chi connectivity index (χ2v) is 16.2. The summed E-state index contributed by atoms with van der Waals surface area (Å²) in [5, 5.41) is 9.37. The van der Waals surface area contributed by atoms with Crippen LogP contribution in [0.2, 0.25) is 0 Å². The molecule has 6 heterocycles. The van der Waals surface area contributed by atoms with Gasteiger partial charge in [0, 0.05) is 54.3 Å². The Hall–Kier alpha value is -8.36. The van der Waals surface area contributed by atoms with Crippen molar-refractivity contribution < 1.29 is 0 Å². The molecule has 1 aliphatic carbocycles. The largest absolute Gasteiger partial charge is 0.333 e. The predicted molar refractivity (Wildman–Crippen MR) is 253 cm³/mol. The molecule has 1 atom stereocenters. The third-order valence-corrected chi connectivity index (χ3v) is 13.0. The van der Waals surface area contributed by atoms with Crippen LogP contribution >= 0.6 is 0 Å². The molecule has 0 saturated heterocycles. The van der Waals surface area contributed by atoms with E-state index in [4.69, 9.17) is 19.9 Å². The number of hydrogen-bond acceptors (Lipinski definition) is 4. The fourth-order valence-electron chi connectivity index (χ4n) is 10.4. The van der Waals surface area contributed by atoms with Gasteiger partial charge in [0.2, 0.25) is 11.9 Å². The molecule has 0 N–H and O–H groups in total. The molecule has 13 aromatic rings. The Kier molecular flexibility index (Phi) is 6.79. The topological polar surface area (TPSA) is 71.3 Å². The zero-order valence-electron chi connectivity index (χ0n) is 33.3. The van der Waals surface area contributed by atoms with Crippen molar-refractivity contribution in [1.82, 2.24) is 38.2 Å². The predicted octanol–water partition coefficient (Wildman–Crippen LogP) is 12.9. The molecule has 1 aliphatic rings. The lowest BCUT2D eigenvalue weighted by Gasteiger charge is -2.18. The molecule has 14 rings (SSSR count). The Balaban J connectivity index is 0.981. The summed E-state index contributed by atoms with van der Waals surface area (Å²) >= 11 is 0. The van der Waals surface area contributed by atoms with Gasteiger partial charge in [0.15, 0.2) is 0 Å². The summed E-state index contributed by atoms with van der Waals surface area (Å²) < 4.78 is 9.27. The number of aromatic nitrogens is 8. The molecular formula is C54H34N8. The monoisotopic (exact) mass is 794 g/mol. The van der Waals surface area contributed by atoms with E-state index in [9.17, 15) is 0 Å². The van der Waals surface area contributed by atoms with Gasteiger partial charge >= 0.3 is 0 Å². The summed E-state index contributed by atoms with van der Waals surface area (Å²) in [5.41, 5.74) is 11.4. The number of fused-ring (bicyclic) bond motifs is 14. The van der Waals surface area contributed by atoms with Crippen LogP contribution in [0.1, 0.15) is 12.5 Å². The smallest absolute Gasteiger partial charge is 0.235 e.